The maximum absolute atomic E-state index is 12.7. The van der Waals surface area contributed by atoms with Crippen LogP contribution >= 0.6 is 0 Å². The number of amides is 1. The van der Waals surface area contributed by atoms with E-state index in [2.05, 4.69) is 31.1 Å². The molecule has 0 saturated carbocycles. The molecule has 0 radical (unpaired) electrons. The first-order chi connectivity index (χ1) is 13.1. The molecule has 27 heavy (non-hydrogen) atoms. The summed E-state index contributed by atoms with van der Waals surface area (Å²) in [6.45, 7) is 5.52. The Balaban J connectivity index is 1.52. The lowest BCUT2D eigenvalue weighted by Gasteiger charge is -2.23. The van der Waals surface area contributed by atoms with Crippen molar-refractivity contribution in [3.63, 3.8) is 0 Å². The van der Waals surface area contributed by atoms with Crippen LogP contribution in [0.5, 0.6) is 0 Å². The monoisotopic (exact) mass is 367 g/mol. The van der Waals surface area contributed by atoms with Crippen molar-refractivity contribution < 1.29 is 9.32 Å². The van der Waals surface area contributed by atoms with Gasteiger partial charge in [-0.15, -0.1) is 5.10 Å². The maximum Gasteiger partial charge on any atom is 0.278 e. The fourth-order valence-corrected chi connectivity index (χ4v) is 3.29. The van der Waals surface area contributed by atoms with Crippen molar-refractivity contribution in [2.75, 3.05) is 18.4 Å². The van der Waals surface area contributed by atoms with Gasteiger partial charge in [0.05, 0.1) is 11.7 Å². The molecule has 0 aliphatic carbocycles. The van der Waals surface area contributed by atoms with E-state index in [0.29, 0.717) is 23.1 Å². The number of rotatable bonds is 4. The molecule has 2 aromatic heterocycles. The van der Waals surface area contributed by atoms with Crippen LogP contribution in [-0.4, -0.2) is 44.1 Å². The van der Waals surface area contributed by atoms with E-state index in [4.69, 9.17) is 4.52 Å². The molecule has 1 amide bonds. The Hall–Kier alpha value is -3.07. The Bertz CT molecular complexity index is 956. The zero-order valence-electron chi connectivity index (χ0n) is 15.3. The van der Waals surface area contributed by atoms with Crippen molar-refractivity contribution in [1.29, 1.82) is 0 Å². The van der Waals surface area contributed by atoms with E-state index in [1.54, 1.807) is 19.1 Å². The minimum Gasteiger partial charge on any atom is -0.339 e. The largest absolute Gasteiger partial charge is 0.339 e. The van der Waals surface area contributed by atoms with Gasteiger partial charge in [0.2, 0.25) is 11.7 Å². The third-order valence-electron chi connectivity index (χ3n) is 4.70. The van der Waals surface area contributed by atoms with E-state index < -0.39 is 0 Å². The number of carbonyl (C=O) groups is 1. The summed E-state index contributed by atoms with van der Waals surface area (Å²) >= 11 is 0. The standard InChI is InChI=1S/C18H21N7O2/c1-11-16(22-24-25(11)15-6-8-19-9-7-15)18(26)21-14-5-3-4-13(10-14)17-20-12(2)27-23-17/h3-5,10,15,19H,6-9H2,1-2H3,(H,21,26). The molecule has 140 valence electrons. The van der Waals surface area contributed by atoms with Gasteiger partial charge in [0.1, 0.15) is 0 Å². The lowest BCUT2D eigenvalue weighted by Crippen LogP contribution is -2.30. The molecule has 1 aliphatic rings. The van der Waals surface area contributed by atoms with Gasteiger partial charge in [0.25, 0.3) is 5.91 Å². The minimum absolute atomic E-state index is 0.283. The summed E-state index contributed by atoms with van der Waals surface area (Å²) in [6, 6.07) is 7.58. The third-order valence-corrected chi connectivity index (χ3v) is 4.70. The second kappa shape index (κ2) is 7.28. The van der Waals surface area contributed by atoms with E-state index >= 15 is 0 Å². The van der Waals surface area contributed by atoms with Crippen LogP contribution < -0.4 is 10.6 Å². The van der Waals surface area contributed by atoms with Gasteiger partial charge in [-0.25, -0.2) is 4.68 Å². The van der Waals surface area contributed by atoms with E-state index in [-0.39, 0.29) is 11.9 Å². The number of hydrogen-bond acceptors (Lipinski definition) is 7. The summed E-state index contributed by atoms with van der Waals surface area (Å²) in [6.07, 6.45) is 1.97. The molecule has 0 unspecified atom stereocenters. The predicted molar refractivity (Wildman–Crippen MR) is 98.3 cm³/mol. The number of piperidine rings is 1. The second-order valence-electron chi connectivity index (χ2n) is 6.62. The van der Waals surface area contributed by atoms with Crippen LogP contribution in [0.1, 0.15) is 41.0 Å². The lowest BCUT2D eigenvalue weighted by atomic mass is 10.1. The molecule has 9 nitrogen and oxygen atoms in total. The molecule has 3 heterocycles. The summed E-state index contributed by atoms with van der Waals surface area (Å²) in [5.41, 5.74) is 2.52. The molecule has 4 rings (SSSR count). The summed E-state index contributed by atoms with van der Waals surface area (Å²) in [7, 11) is 0. The predicted octanol–water partition coefficient (Wildman–Crippen LogP) is 2.12. The highest BCUT2D eigenvalue weighted by molar-refractivity contribution is 6.03. The van der Waals surface area contributed by atoms with Crippen LogP contribution in [0.15, 0.2) is 28.8 Å². The smallest absolute Gasteiger partial charge is 0.278 e. The lowest BCUT2D eigenvalue weighted by molar-refractivity contribution is 0.102. The molecule has 9 heteroatoms. The zero-order valence-corrected chi connectivity index (χ0v) is 15.3. The highest BCUT2D eigenvalue weighted by Crippen LogP contribution is 2.22. The Morgan fingerprint density at radius 1 is 1.30 bits per heavy atom. The molecular formula is C18H21N7O2. The molecule has 0 spiro atoms. The van der Waals surface area contributed by atoms with Crippen molar-refractivity contribution in [1.82, 2.24) is 30.5 Å². The average Bonchev–Trinajstić information content (AvgIpc) is 3.28. The average molecular weight is 367 g/mol. The van der Waals surface area contributed by atoms with Gasteiger partial charge >= 0.3 is 0 Å². The van der Waals surface area contributed by atoms with E-state index in [1.165, 1.54) is 0 Å². The number of nitrogens with one attached hydrogen (secondary N) is 2. The SMILES string of the molecule is Cc1nc(-c2cccc(NC(=O)c3nnn(C4CCNCC4)c3C)c2)no1. The fourth-order valence-electron chi connectivity index (χ4n) is 3.29. The summed E-state index contributed by atoms with van der Waals surface area (Å²) < 4.78 is 6.88. The van der Waals surface area contributed by atoms with Crippen molar-refractivity contribution in [2.24, 2.45) is 0 Å². The molecule has 3 aromatic rings. The van der Waals surface area contributed by atoms with Gasteiger partial charge < -0.3 is 15.2 Å². The van der Waals surface area contributed by atoms with E-state index in [9.17, 15) is 4.79 Å². The number of aryl methyl sites for hydroxylation is 1. The highest BCUT2D eigenvalue weighted by atomic mass is 16.5. The van der Waals surface area contributed by atoms with Crippen molar-refractivity contribution in [3.8, 4) is 11.4 Å². The topological polar surface area (TPSA) is 111 Å². The second-order valence-corrected chi connectivity index (χ2v) is 6.62. The van der Waals surface area contributed by atoms with Gasteiger partial charge in [0.15, 0.2) is 5.69 Å². The minimum atomic E-state index is -0.283. The summed E-state index contributed by atoms with van der Waals surface area (Å²) in [5.74, 6) is 0.690. The van der Waals surface area contributed by atoms with Gasteiger partial charge in [-0.05, 0) is 45.0 Å². The van der Waals surface area contributed by atoms with Crippen molar-refractivity contribution in [3.05, 3.63) is 41.5 Å². The highest BCUT2D eigenvalue weighted by Gasteiger charge is 2.23. The Morgan fingerprint density at radius 3 is 2.85 bits per heavy atom. The number of hydrogen-bond donors (Lipinski definition) is 2. The Labute approximate surface area is 156 Å². The summed E-state index contributed by atoms with van der Waals surface area (Å²) in [5, 5.41) is 18.4. The first-order valence-corrected chi connectivity index (χ1v) is 8.96. The first-order valence-electron chi connectivity index (χ1n) is 8.96. The molecule has 1 fully saturated rings. The van der Waals surface area contributed by atoms with Crippen molar-refractivity contribution in [2.45, 2.75) is 32.7 Å². The number of aromatic nitrogens is 5. The molecule has 0 bridgehead atoms. The quantitative estimate of drug-likeness (QED) is 0.726. The molecule has 1 aromatic carbocycles. The maximum atomic E-state index is 12.7. The normalized spacial score (nSPS) is 15.0. The van der Waals surface area contributed by atoms with Gasteiger partial charge in [-0.2, -0.15) is 4.98 Å². The number of carbonyl (C=O) groups excluding carboxylic acids is 1. The molecule has 0 atom stereocenters. The number of anilines is 1. The van der Waals surface area contributed by atoms with Crippen LogP contribution in [-0.2, 0) is 0 Å². The third kappa shape index (κ3) is 3.59. The molecule has 1 saturated heterocycles. The van der Waals surface area contributed by atoms with E-state index in [0.717, 1.165) is 37.2 Å². The number of nitrogens with zero attached hydrogens (tertiary/aromatic N) is 5. The van der Waals surface area contributed by atoms with Crippen LogP contribution in [0.3, 0.4) is 0 Å². The summed E-state index contributed by atoms with van der Waals surface area (Å²) in [4.78, 5) is 16.9. The molecule has 2 N–H and O–H groups in total. The fraction of sp³-hybridized carbons (Fsp3) is 0.389. The van der Waals surface area contributed by atoms with Crippen molar-refractivity contribution >= 4 is 11.6 Å². The Kier molecular flexibility index (Phi) is 4.68. The van der Waals surface area contributed by atoms with Crippen LogP contribution in [0, 0.1) is 13.8 Å². The molecule has 1 aliphatic heterocycles. The van der Waals surface area contributed by atoms with Crippen LogP contribution in [0.2, 0.25) is 0 Å². The first kappa shape index (κ1) is 17.3. The van der Waals surface area contributed by atoms with Crippen LogP contribution in [0.4, 0.5) is 5.69 Å². The number of benzene rings is 1. The Morgan fingerprint density at radius 2 is 2.11 bits per heavy atom. The van der Waals surface area contributed by atoms with Gasteiger partial charge in [-0.1, -0.05) is 22.5 Å². The van der Waals surface area contributed by atoms with Crippen LogP contribution in [0.25, 0.3) is 11.4 Å². The molecular weight excluding hydrogens is 346 g/mol. The van der Waals surface area contributed by atoms with E-state index in [1.807, 2.05) is 23.7 Å². The zero-order chi connectivity index (χ0) is 18.8. The van der Waals surface area contributed by atoms with Gasteiger partial charge in [-0.3, -0.25) is 4.79 Å². The van der Waals surface area contributed by atoms with Gasteiger partial charge in [0, 0.05) is 18.2 Å².